The molecule has 1 N–H and O–H groups in total. The zero-order chi connectivity index (χ0) is 12.8. The van der Waals surface area contributed by atoms with Crippen LogP contribution in [0.2, 0.25) is 0 Å². The zero-order valence-corrected chi connectivity index (χ0v) is 10.4. The Labute approximate surface area is 110 Å². The van der Waals surface area contributed by atoms with E-state index in [4.69, 9.17) is 0 Å². The van der Waals surface area contributed by atoms with Crippen molar-refractivity contribution >= 4 is 10.9 Å². The number of aromatic nitrogens is 1. The lowest BCUT2D eigenvalue weighted by molar-refractivity contribution is 0.629. The summed E-state index contributed by atoms with van der Waals surface area (Å²) in [5, 5.41) is 4.36. The average molecular weight is 252 g/mol. The van der Waals surface area contributed by atoms with Crippen molar-refractivity contribution in [1.29, 1.82) is 0 Å². The van der Waals surface area contributed by atoms with Gasteiger partial charge in [0.25, 0.3) is 0 Å². The SMILES string of the molecule is Fc1ccc2c(c1)c1c(n2-c2ccccc2)CNC1. The Kier molecular flexibility index (Phi) is 2.23. The molecule has 0 saturated carbocycles. The third kappa shape index (κ3) is 1.52. The highest BCUT2D eigenvalue weighted by atomic mass is 19.1. The second kappa shape index (κ2) is 3.93. The fourth-order valence-corrected chi connectivity index (χ4v) is 2.94. The van der Waals surface area contributed by atoms with Crippen molar-refractivity contribution in [2.75, 3.05) is 0 Å². The lowest BCUT2D eigenvalue weighted by atomic mass is 10.1. The van der Waals surface area contributed by atoms with Crippen LogP contribution in [0.5, 0.6) is 0 Å². The molecule has 0 radical (unpaired) electrons. The minimum atomic E-state index is -0.174. The van der Waals surface area contributed by atoms with Gasteiger partial charge in [-0.25, -0.2) is 4.39 Å². The summed E-state index contributed by atoms with van der Waals surface area (Å²) in [6, 6.07) is 15.3. The predicted molar refractivity (Wildman–Crippen MR) is 73.8 cm³/mol. The van der Waals surface area contributed by atoms with Crippen LogP contribution in [0, 0.1) is 5.82 Å². The fourth-order valence-electron chi connectivity index (χ4n) is 2.94. The van der Waals surface area contributed by atoms with Crippen LogP contribution in [0.25, 0.3) is 16.6 Å². The molecule has 1 aliphatic rings. The first kappa shape index (κ1) is 10.8. The molecule has 1 aliphatic heterocycles. The molecule has 0 unspecified atom stereocenters. The molecule has 2 heterocycles. The van der Waals surface area contributed by atoms with Gasteiger partial charge in [0.15, 0.2) is 0 Å². The molecule has 2 nitrogen and oxygen atoms in total. The van der Waals surface area contributed by atoms with Crippen LogP contribution in [0.1, 0.15) is 11.3 Å². The van der Waals surface area contributed by atoms with E-state index in [-0.39, 0.29) is 5.82 Å². The summed E-state index contributed by atoms with van der Waals surface area (Å²) < 4.78 is 15.7. The molecular weight excluding hydrogens is 239 g/mol. The molecule has 2 aromatic carbocycles. The maximum Gasteiger partial charge on any atom is 0.123 e. The quantitative estimate of drug-likeness (QED) is 0.702. The van der Waals surface area contributed by atoms with Gasteiger partial charge < -0.3 is 9.88 Å². The van der Waals surface area contributed by atoms with Crippen LogP contribution in [0.15, 0.2) is 48.5 Å². The van der Waals surface area contributed by atoms with Gasteiger partial charge in [0.2, 0.25) is 0 Å². The summed E-state index contributed by atoms with van der Waals surface area (Å²) in [5.74, 6) is -0.174. The van der Waals surface area contributed by atoms with Crippen LogP contribution in [0.4, 0.5) is 4.39 Å². The molecule has 19 heavy (non-hydrogen) atoms. The minimum absolute atomic E-state index is 0.174. The predicted octanol–water partition coefficient (Wildman–Crippen LogP) is 3.37. The van der Waals surface area contributed by atoms with Crippen molar-refractivity contribution in [1.82, 2.24) is 9.88 Å². The number of para-hydroxylation sites is 1. The van der Waals surface area contributed by atoms with E-state index in [0.29, 0.717) is 0 Å². The number of halogens is 1. The van der Waals surface area contributed by atoms with E-state index < -0.39 is 0 Å². The molecule has 0 fully saturated rings. The molecule has 0 spiro atoms. The van der Waals surface area contributed by atoms with Gasteiger partial charge in [-0.15, -0.1) is 0 Å². The van der Waals surface area contributed by atoms with Crippen molar-refractivity contribution in [2.24, 2.45) is 0 Å². The molecule has 0 amide bonds. The van der Waals surface area contributed by atoms with Crippen LogP contribution in [-0.4, -0.2) is 4.57 Å². The minimum Gasteiger partial charge on any atom is -0.312 e. The Morgan fingerprint density at radius 2 is 1.84 bits per heavy atom. The molecule has 94 valence electrons. The number of fused-ring (bicyclic) bond motifs is 3. The molecule has 4 rings (SSSR count). The summed E-state index contributed by atoms with van der Waals surface area (Å²) >= 11 is 0. The number of hydrogen-bond acceptors (Lipinski definition) is 1. The van der Waals surface area contributed by atoms with E-state index in [1.807, 2.05) is 24.3 Å². The summed E-state index contributed by atoms with van der Waals surface area (Å²) in [6.45, 7) is 1.65. The van der Waals surface area contributed by atoms with E-state index >= 15 is 0 Å². The lowest BCUT2D eigenvalue weighted by Gasteiger charge is -2.09. The highest BCUT2D eigenvalue weighted by Crippen LogP contribution is 2.32. The molecule has 0 atom stereocenters. The lowest BCUT2D eigenvalue weighted by Crippen LogP contribution is -2.06. The molecule has 3 aromatic rings. The van der Waals surface area contributed by atoms with E-state index in [1.165, 1.54) is 17.3 Å². The highest BCUT2D eigenvalue weighted by molar-refractivity contribution is 5.88. The first-order valence-electron chi connectivity index (χ1n) is 6.42. The Morgan fingerprint density at radius 3 is 2.68 bits per heavy atom. The van der Waals surface area contributed by atoms with Gasteiger partial charge in [-0.2, -0.15) is 0 Å². The molecular formula is C16H13FN2. The summed E-state index contributed by atoms with van der Waals surface area (Å²) in [7, 11) is 0. The zero-order valence-electron chi connectivity index (χ0n) is 10.4. The van der Waals surface area contributed by atoms with Gasteiger partial charge in [0.1, 0.15) is 5.82 Å². The molecule has 3 heteroatoms. The summed E-state index contributed by atoms with van der Waals surface area (Å²) in [6.07, 6.45) is 0. The second-order valence-corrected chi connectivity index (χ2v) is 4.86. The largest absolute Gasteiger partial charge is 0.312 e. The van der Waals surface area contributed by atoms with Gasteiger partial charge in [-0.1, -0.05) is 18.2 Å². The Bertz CT molecular complexity index is 759. The third-order valence-electron chi connectivity index (χ3n) is 3.75. The normalized spacial score (nSPS) is 13.9. The van der Waals surface area contributed by atoms with Crippen LogP contribution in [0.3, 0.4) is 0 Å². The molecule has 0 bridgehead atoms. The number of benzene rings is 2. The van der Waals surface area contributed by atoms with Crippen molar-refractivity contribution in [2.45, 2.75) is 13.1 Å². The van der Waals surface area contributed by atoms with Crippen molar-refractivity contribution in [3.05, 3.63) is 65.6 Å². The van der Waals surface area contributed by atoms with Crippen LogP contribution in [-0.2, 0) is 13.1 Å². The van der Waals surface area contributed by atoms with Gasteiger partial charge >= 0.3 is 0 Å². The Morgan fingerprint density at radius 1 is 1.00 bits per heavy atom. The molecule has 1 aromatic heterocycles. The van der Waals surface area contributed by atoms with E-state index in [1.54, 1.807) is 6.07 Å². The van der Waals surface area contributed by atoms with Gasteiger partial charge in [0.05, 0.1) is 5.52 Å². The number of hydrogen-bond donors (Lipinski definition) is 1. The van der Waals surface area contributed by atoms with Crippen molar-refractivity contribution in [3.8, 4) is 5.69 Å². The summed E-state index contributed by atoms with van der Waals surface area (Å²) in [5.41, 5.74) is 4.67. The maximum absolute atomic E-state index is 13.5. The van der Waals surface area contributed by atoms with Gasteiger partial charge in [0, 0.05) is 29.9 Å². The maximum atomic E-state index is 13.5. The number of rotatable bonds is 1. The van der Waals surface area contributed by atoms with E-state index in [0.717, 1.165) is 29.7 Å². The van der Waals surface area contributed by atoms with Crippen LogP contribution < -0.4 is 5.32 Å². The Balaban J connectivity index is 2.11. The van der Waals surface area contributed by atoms with Gasteiger partial charge in [-0.3, -0.25) is 0 Å². The highest BCUT2D eigenvalue weighted by Gasteiger charge is 2.22. The standard InChI is InChI=1S/C16H13FN2/c17-11-6-7-15-13(8-11)14-9-18-10-16(14)19(15)12-4-2-1-3-5-12/h1-8,18H,9-10H2. The number of nitrogens with zero attached hydrogens (tertiary/aromatic N) is 1. The van der Waals surface area contributed by atoms with Crippen molar-refractivity contribution < 1.29 is 4.39 Å². The second-order valence-electron chi connectivity index (χ2n) is 4.86. The van der Waals surface area contributed by atoms with Gasteiger partial charge in [-0.05, 0) is 35.9 Å². The Hall–Kier alpha value is -2.13. The third-order valence-corrected chi connectivity index (χ3v) is 3.75. The average Bonchev–Trinajstić information content (AvgIpc) is 3.00. The van der Waals surface area contributed by atoms with Crippen molar-refractivity contribution in [3.63, 3.8) is 0 Å². The molecule has 0 saturated heterocycles. The fraction of sp³-hybridized carbons (Fsp3) is 0.125. The first-order chi connectivity index (χ1) is 9.34. The number of nitrogens with one attached hydrogen (secondary N) is 1. The monoisotopic (exact) mass is 252 g/mol. The smallest absolute Gasteiger partial charge is 0.123 e. The summed E-state index contributed by atoms with van der Waals surface area (Å²) in [4.78, 5) is 0. The molecule has 0 aliphatic carbocycles. The first-order valence-corrected chi connectivity index (χ1v) is 6.42. The topological polar surface area (TPSA) is 17.0 Å². The van der Waals surface area contributed by atoms with E-state index in [2.05, 4.69) is 22.0 Å². The van der Waals surface area contributed by atoms with Crippen LogP contribution >= 0.6 is 0 Å². The van der Waals surface area contributed by atoms with E-state index in [9.17, 15) is 4.39 Å².